The van der Waals surface area contributed by atoms with Crippen molar-refractivity contribution in [1.29, 1.82) is 5.41 Å². The summed E-state index contributed by atoms with van der Waals surface area (Å²) in [6.07, 6.45) is 0. The van der Waals surface area contributed by atoms with Gasteiger partial charge in [-0.25, -0.2) is 0 Å². The predicted molar refractivity (Wildman–Crippen MR) is 48.0 cm³/mol. The molecule has 1 N–H and O–H groups in total. The second kappa shape index (κ2) is 2.84. The summed E-state index contributed by atoms with van der Waals surface area (Å²) in [6, 6.07) is 0. The molecule has 0 aliphatic carbocycles. The summed E-state index contributed by atoms with van der Waals surface area (Å²) in [4.78, 5) is 0. The zero-order valence-electron chi connectivity index (χ0n) is 8.41. The third-order valence-electron chi connectivity index (χ3n) is 1.09. The van der Waals surface area contributed by atoms with E-state index in [1.165, 1.54) is 0 Å². The SMILES string of the molecule is CC(C)(C)OC(=N)C(C)(C)C. The lowest BCUT2D eigenvalue weighted by Crippen LogP contribution is -2.31. The highest BCUT2D eigenvalue weighted by atomic mass is 16.5. The molecule has 11 heavy (non-hydrogen) atoms. The van der Waals surface area contributed by atoms with Crippen molar-refractivity contribution in [2.75, 3.05) is 0 Å². The van der Waals surface area contributed by atoms with Crippen LogP contribution in [0.5, 0.6) is 0 Å². The Kier molecular flexibility index (Phi) is 2.70. The number of hydrogen-bond donors (Lipinski definition) is 1. The maximum absolute atomic E-state index is 7.57. The smallest absolute Gasteiger partial charge is 0.186 e. The Morgan fingerprint density at radius 3 is 1.45 bits per heavy atom. The van der Waals surface area contributed by atoms with E-state index in [-0.39, 0.29) is 11.0 Å². The summed E-state index contributed by atoms with van der Waals surface area (Å²) in [5, 5.41) is 7.57. The summed E-state index contributed by atoms with van der Waals surface area (Å²) in [6.45, 7) is 11.8. The van der Waals surface area contributed by atoms with Crippen LogP contribution < -0.4 is 0 Å². The third kappa shape index (κ3) is 4.82. The van der Waals surface area contributed by atoms with Crippen molar-refractivity contribution < 1.29 is 4.74 Å². The van der Waals surface area contributed by atoms with Crippen LogP contribution in [0, 0.1) is 10.8 Å². The lowest BCUT2D eigenvalue weighted by atomic mass is 9.96. The van der Waals surface area contributed by atoms with E-state index in [1.54, 1.807) is 0 Å². The van der Waals surface area contributed by atoms with Gasteiger partial charge in [-0.15, -0.1) is 0 Å². The summed E-state index contributed by atoms with van der Waals surface area (Å²) in [7, 11) is 0. The maximum Gasteiger partial charge on any atom is 0.186 e. The molecule has 0 amide bonds. The fourth-order valence-corrected chi connectivity index (χ4v) is 0.459. The molecule has 0 aromatic rings. The van der Waals surface area contributed by atoms with E-state index in [2.05, 4.69) is 0 Å². The molecule has 0 fully saturated rings. The molecule has 0 spiro atoms. The van der Waals surface area contributed by atoms with Crippen molar-refractivity contribution in [3.63, 3.8) is 0 Å². The fourth-order valence-electron chi connectivity index (χ4n) is 0.459. The van der Waals surface area contributed by atoms with Gasteiger partial charge in [0.2, 0.25) is 0 Å². The van der Waals surface area contributed by atoms with Crippen molar-refractivity contribution in [2.45, 2.75) is 47.1 Å². The number of ether oxygens (including phenoxy) is 1. The van der Waals surface area contributed by atoms with Crippen molar-refractivity contribution in [2.24, 2.45) is 5.41 Å². The molecular weight excluding hydrogens is 138 g/mol. The van der Waals surface area contributed by atoms with Crippen LogP contribution in [-0.4, -0.2) is 11.5 Å². The molecular formula is C9H19NO. The molecule has 0 radical (unpaired) electrons. The van der Waals surface area contributed by atoms with Gasteiger partial charge >= 0.3 is 0 Å². The van der Waals surface area contributed by atoms with Gasteiger partial charge < -0.3 is 4.74 Å². The minimum Gasteiger partial charge on any atom is -0.475 e. The Hall–Kier alpha value is -0.530. The van der Waals surface area contributed by atoms with E-state index in [9.17, 15) is 0 Å². The van der Waals surface area contributed by atoms with E-state index < -0.39 is 0 Å². The van der Waals surface area contributed by atoms with Crippen LogP contribution in [0.4, 0.5) is 0 Å². The highest BCUT2D eigenvalue weighted by Gasteiger charge is 2.23. The maximum atomic E-state index is 7.57. The first-order valence-corrected chi connectivity index (χ1v) is 3.91. The van der Waals surface area contributed by atoms with Crippen LogP contribution >= 0.6 is 0 Å². The minimum absolute atomic E-state index is 0.173. The van der Waals surface area contributed by atoms with Crippen LogP contribution in [-0.2, 0) is 4.74 Å². The second-order valence-corrected chi connectivity index (χ2v) is 4.79. The van der Waals surface area contributed by atoms with Crippen molar-refractivity contribution >= 4 is 5.90 Å². The molecule has 0 aliphatic rings. The standard InChI is InChI=1S/C9H19NO/c1-8(2,3)7(10)11-9(4,5)6/h10H,1-6H3. The van der Waals surface area contributed by atoms with Gasteiger partial charge in [0.25, 0.3) is 0 Å². The fraction of sp³-hybridized carbons (Fsp3) is 0.889. The van der Waals surface area contributed by atoms with Crippen LogP contribution in [0.2, 0.25) is 0 Å². The van der Waals surface area contributed by atoms with Gasteiger partial charge in [-0.2, -0.15) is 0 Å². The van der Waals surface area contributed by atoms with E-state index >= 15 is 0 Å². The van der Waals surface area contributed by atoms with Gasteiger partial charge in [0.1, 0.15) is 5.60 Å². The van der Waals surface area contributed by atoms with Crippen molar-refractivity contribution in [3.05, 3.63) is 0 Å². The van der Waals surface area contributed by atoms with E-state index in [0.717, 1.165) is 0 Å². The first kappa shape index (κ1) is 10.5. The van der Waals surface area contributed by atoms with Gasteiger partial charge in [-0.3, -0.25) is 5.41 Å². The molecule has 0 aromatic carbocycles. The molecule has 66 valence electrons. The predicted octanol–water partition coefficient (Wildman–Crippen LogP) is 2.82. The first-order valence-electron chi connectivity index (χ1n) is 3.91. The zero-order chi connectivity index (χ0) is 9.28. The lowest BCUT2D eigenvalue weighted by molar-refractivity contribution is 0.0963. The molecule has 0 saturated carbocycles. The highest BCUT2D eigenvalue weighted by Crippen LogP contribution is 2.20. The van der Waals surface area contributed by atoms with E-state index in [1.807, 2.05) is 41.5 Å². The quantitative estimate of drug-likeness (QED) is 0.425. The number of hydrogen-bond acceptors (Lipinski definition) is 2. The molecule has 0 saturated heterocycles. The van der Waals surface area contributed by atoms with E-state index in [0.29, 0.717) is 5.90 Å². The number of nitrogens with one attached hydrogen (secondary N) is 1. The molecule has 0 aliphatic heterocycles. The second-order valence-electron chi connectivity index (χ2n) is 4.79. The van der Waals surface area contributed by atoms with Crippen LogP contribution in [0.15, 0.2) is 0 Å². The summed E-state index contributed by atoms with van der Waals surface area (Å²) < 4.78 is 5.39. The minimum atomic E-state index is -0.246. The Labute approximate surface area is 69.5 Å². The monoisotopic (exact) mass is 157 g/mol. The average Bonchev–Trinajstić information content (AvgIpc) is 1.56. The van der Waals surface area contributed by atoms with E-state index in [4.69, 9.17) is 10.1 Å². The Morgan fingerprint density at radius 1 is 1.00 bits per heavy atom. The Morgan fingerprint density at radius 2 is 1.36 bits per heavy atom. The summed E-state index contributed by atoms with van der Waals surface area (Å²) in [5.74, 6) is 0.352. The van der Waals surface area contributed by atoms with Gasteiger partial charge in [-0.1, -0.05) is 20.8 Å². The van der Waals surface area contributed by atoms with Crippen LogP contribution in [0.1, 0.15) is 41.5 Å². The number of rotatable bonds is 0. The van der Waals surface area contributed by atoms with Gasteiger partial charge in [-0.05, 0) is 20.8 Å². The molecule has 0 heterocycles. The third-order valence-corrected chi connectivity index (χ3v) is 1.09. The van der Waals surface area contributed by atoms with Crippen LogP contribution in [0.25, 0.3) is 0 Å². The molecule has 0 bridgehead atoms. The Bertz CT molecular complexity index is 148. The highest BCUT2D eigenvalue weighted by molar-refractivity contribution is 5.78. The average molecular weight is 157 g/mol. The van der Waals surface area contributed by atoms with Gasteiger partial charge in [0, 0.05) is 5.41 Å². The normalized spacial score (nSPS) is 12.9. The molecule has 0 aromatic heterocycles. The lowest BCUT2D eigenvalue weighted by Gasteiger charge is -2.28. The Balaban J connectivity index is 4.11. The zero-order valence-corrected chi connectivity index (χ0v) is 8.41. The van der Waals surface area contributed by atoms with Crippen LogP contribution in [0.3, 0.4) is 0 Å². The topological polar surface area (TPSA) is 33.1 Å². The largest absolute Gasteiger partial charge is 0.475 e. The van der Waals surface area contributed by atoms with Gasteiger partial charge in [0.05, 0.1) is 0 Å². The summed E-state index contributed by atoms with van der Waals surface area (Å²) >= 11 is 0. The molecule has 2 nitrogen and oxygen atoms in total. The summed E-state index contributed by atoms with van der Waals surface area (Å²) in [5.41, 5.74) is -0.419. The molecule has 0 unspecified atom stereocenters. The van der Waals surface area contributed by atoms with Crippen molar-refractivity contribution in [3.8, 4) is 0 Å². The molecule has 0 rings (SSSR count). The van der Waals surface area contributed by atoms with Gasteiger partial charge in [0.15, 0.2) is 5.90 Å². The van der Waals surface area contributed by atoms with Crippen molar-refractivity contribution in [1.82, 2.24) is 0 Å². The first-order chi connectivity index (χ1) is 4.63. The molecule has 0 atom stereocenters. The molecule has 2 heteroatoms.